The molecule has 2 aliphatic heterocycles. The zero-order valence-electron chi connectivity index (χ0n) is 12.8. The van der Waals surface area contributed by atoms with Crippen molar-refractivity contribution in [1.29, 1.82) is 0 Å². The summed E-state index contributed by atoms with van der Waals surface area (Å²) in [6.45, 7) is 6.57. The first-order valence-electron chi connectivity index (χ1n) is 7.85. The van der Waals surface area contributed by atoms with E-state index in [4.69, 9.17) is 0 Å². The van der Waals surface area contributed by atoms with Gasteiger partial charge in [0.15, 0.2) is 0 Å². The first-order valence-corrected chi connectivity index (χ1v) is 9.29. The molecule has 5 heteroatoms. The number of nitrogens with zero attached hydrogens (tertiary/aromatic N) is 1. The van der Waals surface area contributed by atoms with Crippen LogP contribution in [0.4, 0.5) is 5.69 Å². The molecule has 2 aliphatic rings. The molecule has 1 aromatic rings. The van der Waals surface area contributed by atoms with E-state index in [0.717, 1.165) is 31.5 Å². The Morgan fingerprint density at radius 3 is 2.86 bits per heavy atom. The smallest absolute Gasteiger partial charge is 0.243 e. The van der Waals surface area contributed by atoms with Gasteiger partial charge in [0, 0.05) is 25.3 Å². The van der Waals surface area contributed by atoms with Gasteiger partial charge in [-0.15, -0.1) is 0 Å². The quantitative estimate of drug-likeness (QED) is 0.934. The molecule has 1 atom stereocenters. The van der Waals surface area contributed by atoms with Gasteiger partial charge in [-0.05, 0) is 48.8 Å². The molecule has 0 radical (unpaired) electrons. The minimum absolute atomic E-state index is 0.431. The Labute approximate surface area is 127 Å². The maximum atomic E-state index is 12.8. The van der Waals surface area contributed by atoms with Crippen molar-refractivity contribution < 1.29 is 8.42 Å². The van der Waals surface area contributed by atoms with Crippen molar-refractivity contribution in [2.45, 2.75) is 38.0 Å². The predicted molar refractivity (Wildman–Crippen MR) is 85.0 cm³/mol. The Morgan fingerprint density at radius 2 is 2.14 bits per heavy atom. The highest BCUT2D eigenvalue weighted by atomic mass is 32.2. The van der Waals surface area contributed by atoms with Gasteiger partial charge in [0.2, 0.25) is 10.0 Å². The lowest BCUT2D eigenvalue weighted by molar-refractivity contribution is 0.388. The maximum Gasteiger partial charge on any atom is 0.243 e. The number of nitrogens with one attached hydrogen (secondary N) is 1. The van der Waals surface area contributed by atoms with E-state index in [0.29, 0.717) is 29.8 Å². The monoisotopic (exact) mass is 308 g/mol. The lowest BCUT2D eigenvalue weighted by atomic mass is 9.96. The molecule has 3 rings (SSSR count). The van der Waals surface area contributed by atoms with Gasteiger partial charge in [-0.2, -0.15) is 4.31 Å². The lowest BCUT2D eigenvalue weighted by Gasteiger charge is -2.21. The number of fused-ring (bicyclic) bond motifs is 1. The molecule has 2 heterocycles. The molecule has 1 saturated heterocycles. The van der Waals surface area contributed by atoms with Gasteiger partial charge in [-0.25, -0.2) is 8.42 Å². The number of hydrogen-bond donors (Lipinski definition) is 1. The van der Waals surface area contributed by atoms with Crippen molar-refractivity contribution in [1.82, 2.24) is 4.31 Å². The molecular weight excluding hydrogens is 284 g/mol. The van der Waals surface area contributed by atoms with Gasteiger partial charge in [-0.3, -0.25) is 0 Å². The Bertz CT molecular complexity index is 625. The number of anilines is 1. The van der Waals surface area contributed by atoms with Gasteiger partial charge in [0.05, 0.1) is 4.90 Å². The summed E-state index contributed by atoms with van der Waals surface area (Å²) in [5.74, 6) is 1.02. The standard InChI is InChI=1S/C16H24N2O2S/c1-12(2)14-7-9-18(11-14)21(19,20)15-6-5-13-4-3-8-17-16(13)10-15/h5-6,10,12,14,17H,3-4,7-9,11H2,1-2H3. The fraction of sp³-hybridized carbons (Fsp3) is 0.625. The average molecular weight is 308 g/mol. The lowest BCUT2D eigenvalue weighted by Crippen LogP contribution is -2.29. The highest BCUT2D eigenvalue weighted by Gasteiger charge is 2.34. The highest BCUT2D eigenvalue weighted by molar-refractivity contribution is 7.89. The van der Waals surface area contributed by atoms with Crippen LogP contribution in [0.2, 0.25) is 0 Å². The Hall–Kier alpha value is -1.07. The summed E-state index contributed by atoms with van der Waals surface area (Å²) in [4.78, 5) is 0.431. The minimum Gasteiger partial charge on any atom is -0.385 e. The van der Waals surface area contributed by atoms with Crippen LogP contribution in [0.25, 0.3) is 0 Å². The van der Waals surface area contributed by atoms with Crippen LogP contribution in [0, 0.1) is 11.8 Å². The van der Waals surface area contributed by atoms with Crippen LogP contribution in [-0.4, -0.2) is 32.4 Å². The normalized spacial score (nSPS) is 23.1. The molecule has 0 saturated carbocycles. The Morgan fingerprint density at radius 1 is 1.33 bits per heavy atom. The van der Waals surface area contributed by atoms with Crippen molar-refractivity contribution >= 4 is 15.7 Å². The van der Waals surface area contributed by atoms with Crippen LogP contribution in [0.1, 0.15) is 32.3 Å². The largest absolute Gasteiger partial charge is 0.385 e. The van der Waals surface area contributed by atoms with Crippen LogP contribution in [-0.2, 0) is 16.4 Å². The molecule has 1 unspecified atom stereocenters. The van der Waals surface area contributed by atoms with E-state index in [2.05, 4.69) is 19.2 Å². The van der Waals surface area contributed by atoms with Gasteiger partial charge in [-0.1, -0.05) is 19.9 Å². The molecule has 1 aromatic carbocycles. The number of aryl methyl sites for hydroxylation is 1. The Kier molecular flexibility index (Phi) is 3.97. The van der Waals surface area contributed by atoms with E-state index in [9.17, 15) is 8.42 Å². The third-order valence-electron chi connectivity index (χ3n) is 4.79. The summed E-state index contributed by atoms with van der Waals surface area (Å²) in [6, 6.07) is 5.54. The fourth-order valence-corrected chi connectivity index (χ4v) is 4.80. The zero-order valence-corrected chi connectivity index (χ0v) is 13.6. The maximum absolute atomic E-state index is 12.8. The van der Waals surface area contributed by atoms with Gasteiger partial charge >= 0.3 is 0 Å². The summed E-state index contributed by atoms with van der Waals surface area (Å²) in [5, 5.41) is 3.31. The molecule has 0 spiro atoms. The first kappa shape index (κ1) is 14.9. The van der Waals surface area contributed by atoms with Crippen molar-refractivity contribution in [2.75, 3.05) is 25.0 Å². The highest BCUT2D eigenvalue weighted by Crippen LogP contribution is 2.31. The molecule has 1 fully saturated rings. The minimum atomic E-state index is -3.35. The first-order chi connectivity index (χ1) is 9.98. The van der Waals surface area contributed by atoms with E-state index in [1.165, 1.54) is 5.56 Å². The number of hydrogen-bond acceptors (Lipinski definition) is 3. The SMILES string of the molecule is CC(C)C1CCN(S(=O)(=O)c2ccc3c(c2)NCCC3)C1. The van der Waals surface area contributed by atoms with Gasteiger partial charge in [0.1, 0.15) is 0 Å². The number of benzene rings is 1. The molecule has 0 aromatic heterocycles. The van der Waals surface area contributed by atoms with E-state index in [1.807, 2.05) is 12.1 Å². The molecular formula is C16H24N2O2S. The van der Waals surface area contributed by atoms with Gasteiger partial charge in [0.25, 0.3) is 0 Å². The third-order valence-corrected chi connectivity index (χ3v) is 6.65. The van der Waals surface area contributed by atoms with Crippen LogP contribution in [0.5, 0.6) is 0 Å². The van der Waals surface area contributed by atoms with E-state index >= 15 is 0 Å². The molecule has 4 nitrogen and oxygen atoms in total. The van der Waals surface area contributed by atoms with Crippen LogP contribution < -0.4 is 5.32 Å². The topological polar surface area (TPSA) is 49.4 Å². The summed E-state index contributed by atoms with van der Waals surface area (Å²) in [5.41, 5.74) is 2.21. The van der Waals surface area contributed by atoms with Crippen LogP contribution in [0.3, 0.4) is 0 Å². The third kappa shape index (κ3) is 2.81. The average Bonchev–Trinajstić information content (AvgIpc) is 2.97. The molecule has 0 aliphatic carbocycles. The van der Waals surface area contributed by atoms with Crippen molar-refractivity contribution in [3.05, 3.63) is 23.8 Å². The van der Waals surface area contributed by atoms with E-state index < -0.39 is 10.0 Å². The van der Waals surface area contributed by atoms with Crippen molar-refractivity contribution in [3.63, 3.8) is 0 Å². The fourth-order valence-electron chi connectivity index (χ4n) is 3.27. The molecule has 1 N–H and O–H groups in total. The second-order valence-corrected chi connectivity index (χ2v) is 8.44. The summed E-state index contributed by atoms with van der Waals surface area (Å²) in [6.07, 6.45) is 3.11. The van der Waals surface area contributed by atoms with E-state index in [-0.39, 0.29) is 0 Å². The van der Waals surface area contributed by atoms with Crippen LogP contribution in [0.15, 0.2) is 23.1 Å². The Balaban J connectivity index is 1.85. The molecule has 21 heavy (non-hydrogen) atoms. The second kappa shape index (κ2) is 5.61. The second-order valence-electron chi connectivity index (χ2n) is 6.51. The number of sulfonamides is 1. The molecule has 0 amide bonds. The zero-order chi connectivity index (χ0) is 15.0. The predicted octanol–water partition coefficient (Wildman–Crippen LogP) is 2.71. The van der Waals surface area contributed by atoms with Crippen molar-refractivity contribution in [3.8, 4) is 0 Å². The summed E-state index contributed by atoms with van der Waals surface area (Å²) in [7, 11) is -3.35. The van der Waals surface area contributed by atoms with Crippen LogP contribution >= 0.6 is 0 Å². The summed E-state index contributed by atoms with van der Waals surface area (Å²) < 4.78 is 27.2. The summed E-state index contributed by atoms with van der Waals surface area (Å²) >= 11 is 0. The number of rotatable bonds is 3. The molecule has 0 bridgehead atoms. The van der Waals surface area contributed by atoms with E-state index in [1.54, 1.807) is 10.4 Å². The van der Waals surface area contributed by atoms with Gasteiger partial charge < -0.3 is 5.32 Å². The molecule has 116 valence electrons. The van der Waals surface area contributed by atoms with Crippen molar-refractivity contribution in [2.24, 2.45) is 11.8 Å².